The van der Waals surface area contributed by atoms with Gasteiger partial charge in [-0.1, -0.05) is 12.1 Å². The van der Waals surface area contributed by atoms with Crippen molar-refractivity contribution in [3.05, 3.63) is 75.3 Å². The molecule has 7 heteroatoms. The van der Waals surface area contributed by atoms with Gasteiger partial charge in [-0.25, -0.2) is 8.78 Å². The van der Waals surface area contributed by atoms with E-state index in [1.807, 2.05) is 0 Å². The molecule has 0 N–H and O–H groups in total. The lowest BCUT2D eigenvalue weighted by Crippen LogP contribution is -2.30. The molecule has 0 aromatic heterocycles. The summed E-state index contributed by atoms with van der Waals surface area (Å²) in [5, 5.41) is 10.8. The highest BCUT2D eigenvalue weighted by atomic mass is 19.1. The molecule has 23 heavy (non-hydrogen) atoms. The van der Waals surface area contributed by atoms with Gasteiger partial charge in [-0.15, -0.1) is 0 Å². The number of carbonyl (C=O) groups excluding carboxylic acids is 1. The van der Waals surface area contributed by atoms with Crippen LogP contribution in [0, 0.1) is 21.7 Å². The van der Waals surface area contributed by atoms with E-state index in [9.17, 15) is 23.7 Å². The van der Waals surface area contributed by atoms with Crippen molar-refractivity contribution < 1.29 is 18.5 Å². The molecule has 0 aliphatic carbocycles. The Morgan fingerprint density at radius 3 is 2.52 bits per heavy atom. The van der Waals surface area contributed by atoms with Crippen LogP contribution in [0.3, 0.4) is 0 Å². The van der Waals surface area contributed by atoms with Gasteiger partial charge in [0.1, 0.15) is 11.6 Å². The zero-order valence-electron chi connectivity index (χ0n) is 12.5. The zero-order chi connectivity index (χ0) is 17.1. The van der Waals surface area contributed by atoms with Crippen molar-refractivity contribution in [1.82, 2.24) is 4.90 Å². The summed E-state index contributed by atoms with van der Waals surface area (Å²) >= 11 is 0. The number of non-ortho nitro benzene ring substituents is 1. The van der Waals surface area contributed by atoms with Crippen molar-refractivity contribution in [2.75, 3.05) is 7.05 Å². The number of nitrogens with zero attached hydrogens (tertiary/aromatic N) is 2. The molecular weight excluding hydrogens is 306 g/mol. The fraction of sp³-hybridized carbons (Fsp3) is 0.188. The number of amides is 1. The summed E-state index contributed by atoms with van der Waals surface area (Å²) in [6, 6.07) is 8.05. The first-order chi connectivity index (χ1) is 10.8. The number of hydrogen-bond acceptors (Lipinski definition) is 3. The van der Waals surface area contributed by atoms with Gasteiger partial charge in [0.2, 0.25) is 0 Å². The first-order valence-corrected chi connectivity index (χ1v) is 6.78. The van der Waals surface area contributed by atoms with Crippen molar-refractivity contribution in [2.24, 2.45) is 0 Å². The van der Waals surface area contributed by atoms with Crippen LogP contribution in [-0.2, 0) is 0 Å². The third-order valence-electron chi connectivity index (χ3n) is 3.63. The molecule has 2 aromatic rings. The minimum absolute atomic E-state index is 0.0943. The first kappa shape index (κ1) is 16.5. The minimum Gasteiger partial charge on any atom is -0.335 e. The zero-order valence-corrected chi connectivity index (χ0v) is 12.5. The molecule has 0 heterocycles. The number of benzene rings is 2. The summed E-state index contributed by atoms with van der Waals surface area (Å²) in [4.78, 5) is 23.9. The lowest BCUT2D eigenvalue weighted by Gasteiger charge is -2.25. The van der Waals surface area contributed by atoms with Crippen molar-refractivity contribution in [1.29, 1.82) is 0 Å². The minimum atomic E-state index is -0.951. The average molecular weight is 320 g/mol. The monoisotopic (exact) mass is 320 g/mol. The fourth-order valence-electron chi connectivity index (χ4n) is 2.15. The fourth-order valence-corrected chi connectivity index (χ4v) is 2.15. The molecule has 0 radical (unpaired) electrons. The Bertz CT molecular complexity index is 765. The highest BCUT2D eigenvalue weighted by Crippen LogP contribution is 2.25. The van der Waals surface area contributed by atoms with Crippen LogP contribution in [-0.4, -0.2) is 22.8 Å². The highest BCUT2D eigenvalue weighted by molar-refractivity contribution is 5.94. The number of rotatable bonds is 4. The Kier molecular flexibility index (Phi) is 4.68. The Morgan fingerprint density at radius 1 is 1.22 bits per heavy atom. The molecule has 0 saturated heterocycles. The Labute approximate surface area is 131 Å². The smallest absolute Gasteiger partial charge is 0.269 e. The number of nitro benzene ring substituents is 1. The summed E-state index contributed by atoms with van der Waals surface area (Å²) in [5.41, 5.74) is 0.187. The third-order valence-corrected chi connectivity index (χ3v) is 3.63. The molecule has 0 aliphatic rings. The van der Waals surface area contributed by atoms with Crippen molar-refractivity contribution in [3.63, 3.8) is 0 Å². The van der Waals surface area contributed by atoms with Crippen molar-refractivity contribution in [2.45, 2.75) is 13.0 Å². The summed E-state index contributed by atoms with van der Waals surface area (Å²) < 4.78 is 26.6. The quantitative estimate of drug-likeness (QED) is 0.637. The van der Waals surface area contributed by atoms with Crippen molar-refractivity contribution >= 4 is 11.6 Å². The van der Waals surface area contributed by atoms with Gasteiger partial charge >= 0.3 is 0 Å². The summed E-state index contributed by atoms with van der Waals surface area (Å²) in [5.74, 6) is -2.36. The molecule has 2 rings (SSSR count). The van der Waals surface area contributed by atoms with E-state index in [0.717, 1.165) is 12.1 Å². The maximum Gasteiger partial charge on any atom is 0.269 e. The van der Waals surface area contributed by atoms with E-state index in [-0.39, 0.29) is 11.3 Å². The molecule has 5 nitrogen and oxygen atoms in total. The van der Waals surface area contributed by atoms with Crippen LogP contribution >= 0.6 is 0 Å². The van der Waals surface area contributed by atoms with Crippen LogP contribution in [0.25, 0.3) is 0 Å². The summed E-state index contributed by atoms with van der Waals surface area (Å²) in [6.07, 6.45) is 0. The van der Waals surface area contributed by atoms with Gasteiger partial charge in [-0.3, -0.25) is 14.9 Å². The predicted molar refractivity (Wildman–Crippen MR) is 80.0 cm³/mol. The van der Waals surface area contributed by atoms with Gasteiger partial charge in [0.05, 0.1) is 16.5 Å². The molecule has 1 atom stereocenters. The van der Waals surface area contributed by atoms with Gasteiger partial charge in [-0.05, 0) is 24.6 Å². The summed E-state index contributed by atoms with van der Waals surface area (Å²) in [6.45, 7) is 1.67. The molecule has 1 amide bonds. The SMILES string of the molecule is CC(c1cccc([N+](=O)[O-])c1)N(C)C(=O)c1ccc(F)cc1F. The second-order valence-electron chi connectivity index (χ2n) is 5.07. The standard InChI is InChI=1S/C16H14F2N2O3/c1-10(11-4-3-5-13(8-11)20(22)23)19(2)16(21)14-7-6-12(17)9-15(14)18/h3-10H,1-2H3. The summed E-state index contributed by atoms with van der Waals surface area (Å²) in [7, 11) is 1.45. The molecule has 0 aliphatic heterocycles. The normalized spacial score (nSPS) is 11.8. The van der Waals surface area contributed by atoms with Crippen LogP contribution in [0.5, 0.6) is 0 Å². The lowest BCUT2D eigenvalue weighted by atomic mass is 10.1. The van der Waals surface area contributed by atoms with E-state index in [2.05, 4.69) is 0 Å². The van der Waals surface area contributed by atoms with E-state index < -0.39 is 28.5 Å². The molecule has 0 saturated carbocycles. The van der Waals surface area contributed by atoms with Gasteiger partial charge < -0.3 is 4.90 Å². The van der Waals surface area contributed by atoms with Crippen LogP contribution in [0.2, 0.25) is 0 Å². The molecule has 0 fully saturated rings. The largest absolute Gasteiger partial charge is 0.335 e. The van der Waals surface area contributed by atoms with E-state index in [1.165, 1.54) is 30.1 Å². The molecule has 1 unspecified atom stereocenters. The topological polar surface area (TPSA) is 63.5 Å². The van der Waals surface area contributed by atoms with E-state index in [1.54, 1.807) is 13.0 Å². The molecular formula is C16H14F2N2O3. The molecule has 120 valence electrons. The molecule has 2 aromatic carbocycles. The Hall–Kier alpha value is -2.83. The van der Waals surface area contributed by atoms with E-state index >= 15 is 0 Å². The molecule has 0 bridgehead atoms. The lowest BCUT2D eigenvalue weighted by molar-refractivity contribution is -0.384. The number of nitro groups is 1. The van der Waals surface area contributed by atoms with Gasteiger partial charge in [0.25, 0.3) is 11.6 Å². The predicted octanol–water partition coefficient (Wildman–Crippen LogP) is 3.71. The third kappa shape index (κ3) is 3.50. The van der Waals surface area contributed by atoms with Crippen LogP contribution in [0.4, 0.5) is 14.5 Å². The van der Waals surface area contributed by atoms with E-state index in [0.29, 0.717) is 11.6 Å². The maximum atomic E-state index is 13.7. The highest BCUT2D eigenvalue weighted by Gasteiger charge is 2.22. The Morgan fingerprint density at radius 2 is 1.91 bits per heavy atom. The van der Waals surface area contributed by atoms with Crippen molar-refractivity contribution in [3.8, 4) is 0 Å². The molecule has 0 spiro atoms. The average Bonchev–Trinajstić information content (AvgIpc) is 2.53. The van der Waals surface area contributed by atoms with Gasteiger partial charge in [0.15, 0.2) is 0 Å². The van der Waals surface area contributed by atoms with Crippen LogP contribution in [0.1, 0.15) is 28.9 Å². The maximum absolute atomic E-state index is 13.7. The van der Waals surface area contributed by atoms with Crippen LogP contribution < -0.4 is 0 Å². The number of carbonyl (C=O) groups is 1. The number of hydrogen-bond donors (Lipinski definition) is 0. The van der Waals surface area contributed by atoms with Gasteiger partial charge in [0, 0.05) is 25.2 Å². The Balaban J connectivity index is 2.28. The second-order valence-corrected chi connectivity index (χ2v) is 5.07. The number of halogens is 2. The van der Waals surface area contributed by atoms with Crippen LogP contribution in [0.15, 0.2) is 42.5 Å². The van der Waals surface area contributed by atoms with E-state index in [4.69, 9.17) is 0 Å². The first-order valence-electron chi connectivity index (χ1n) is 6.78. The van der Waals surface area contributed by atoms with Gasteiger partial charge in [-0.2, -0.15) is 0 Å². The second kappa shape index (κ2) is 6.51.